The number of nitrogens with two attached hydrogens (primary N) is 1. The van der Waals surface area contributed by atoms with Gasteiger partial charge in [-0.3, -0.25) is 9.59 Å². The molecular weight excluding hydrogens is 1430 g/mol. The van der Waals surface area contributed by atoms with Crippen LogP contribution in [0, 0.1) is 46.9 Å². The van der Waals surface area contributed by atoms with Gasteiger partial charge in [0, 0.05) is 65.9 Å². The summed E-state index contributed by atoms with van der Waals surface area (Å²) < 4.78 is 5.42. The largest absolute Gasteiger partial charge is 2.00 e. The van der Waals surface area contributed by atoms with Crippen LogP contribution in [0.3, 0.4) is 0 Å². The fraction of sp³-hybridized carbons (Fsp3) is 0.0690. The van der Waals surface area contributed by atoms with Gasteiger partial charge in [0.1, 0.15) is 0 Å². The molecule has 8 aromatic carbocycles. The van der Waals surface area contributed by atoms with Crippen LogP contribution in [0.5, 0.6) is 0 Å². The molecule has 0 aliphatic heterocycles. The molecule has 0 saturated heterocycles. The Morgan fingerprint density at radius 2 is 1.05 bits per heavy atom. The van der Waals surface area contributed by atoms with Crippen molar-refractivity contribution in [2.45, 2.75) is 27.7 Å². The zero-order valence-corrected chi connectivity index (χ0v) is 53.8. The number of hydrogen-bond acceptors (Lipinski definition) is 5. The number of aromatic nitrogens is 2. The van der Waals surface area contributed by atoms with Crippen LogP contribution in [-0.2, 0) is 0 Å². The quantitative estimate of drug-likeness (QED) is 0.0773. The topological polar surface area (TPSA) is 107 Å². The third kappa shape index (κ3) is 20.4. The van der Waals surface area contributed by atoms with Gasteiger partial charge >= 0.3 is 23.1 Å². The van der Waals surface area contributed by atoms with E-state index in [9.17, 15) is 9.59 Å². The Balaban J connectivity index is 0.000000265. The predicted molar refractivity (Wildman–Crippen MR) is 327 cm³/mol. The second kappa shape index (κ2) is 32.2. The molecule has 0 spiro atoms. The van der Waals surface area contributed by atoms with Crippen molar-refractivity contribution in [1.29, 1.82) is 0 Å². The minimum absolute atomic E-state index is 0. The van der Waals surface area contributed by atoms with E-state index >= 15 is 0 Å². The minimum atomic E-state index is -0.429. The normalized spacial score (nSPS) is 9.72. The first kappa shape index (κ1) is 64.7. The van der Waals surface area contributed by atoms with Gasteiger partial charge in [0.25, 0.3) is 11.1 Å². The van der Waals surface area contributed by atoms with E-state index in [4.69, 9.17) is 40.4 Å². The number of aryl methyl sites for hydroxylation is 4. The molecule has 3 N–H and O–H groups in total. The van der Waals surface area contributed by atoms with Crippen LogP contribution in [0.15, 0.2) is 191 Å². The Morgan fingerprint density at radius 3 is 1.57 bits per heavy atom. The molecule has 0 aliphatic rings. The van der Waals surface area contributed by atoms with Gasteiger partial charge in [0.2, 0.25) is 11.4 Å². The van der Waals surface area contributed by atoms with Gasteiger partial charge in [0.15, 0.2) is 5.82 Å². The number of fused-ring (bicyclic) bond motifs is 1. The third-order valence-corrected chi connectivity index (χ3v) is 13.3. The second-order valence-electron chi connectivity index (χ2n) is 15.7. The van der Waals surface area contributed by atoms with Crippen LogP contribution in [-0.4, -0.2) is 44.2 Å². The zero-order chi connectivity index (χ0) is 53.2. The van der Waals surface area contributed by atoms with Crippen molar-refractivity contribution in [1.82, 2.24) is 9.97 Å². The van der Waals surface area contributed by atoms with Gasteiger partial charge in [0.05, 0.1) is 24.4 Å². The molecule has 0 unspecified atom stereocenters. The molecule has 0 bridgehead atoms. The SMILES string of the molecule is Cc1[c-]c(C)ccc1.Cc1cccc(C)c1-c1nc(-c2cccc(Br)c2)nc2ccc(Br)cc12.O=C(Cl)c1cccc(Br)c1.[Br-].[C-]#[N+]c1cc(Br)ccc1N.[C-]#[N+]c1cc(Br)ccc1NC(=O)c1cccc(Br)c1.[Mg+2]. The predicted octanol–water partition coefficient (Wildman–Crippen LogP) is 16.3. The van der Waals surface area contributed by atoms with Crippen LogP contribution < -0.4 is 28.0 Å². The maximum Gasteiger partial charge on any atom is 2.00 e. The van der Waals surface area contributed by atoms with Crippen LogP contribution in [0.1, 0.15) is 43.0 Å². The molecule has 17 heteroatoms. The van der Waals surface area contributed by atoms with E-state index < -0.39 is 5.24 Å². The molecule has 1 heterocycles. The van der Waals surface area contributed by atoms with Crippen molar-refractivity contribution in [2.75, 3.05) is 11.1 Å². The molecule has 0 fully saturated rings. The number of nitrogens with one attached hydrogen (secondary N) is 1. The van der Waals surface area contributed by atoms with Crippen molar-refractivity contribution in [3.8, 4) is 22.6 Å². The number of halogens is 8. The molecule has 374 valence electrons. The molecule has 0 atom stereocenters. The number of hydrogen-bond donors (Lipinski definition) is 2. The number of anilines is 2. The van der Waals surface area contributed by atoms with E-state index in [1.54, 1.807) is 66.7 Å². The number of rotatable bonds is 5. The zero-order valence-electron chi connectivity index (χ0n) is 40.5. The summed E-state index contributed by atoms with van der Waals surface area (Å²) in [7, 11) is 0. The smallest absolute Gasteiger partial charge is 1.00 e. The molecule has 75 heavy (non-hydrogen) atoms. The number of benzene rings is 8. The maximum absolute atomic E-state index is 12.1. The first-order valence-electron chi connectivity index (χ1n) is 21.7. The molecule has 9 rings (SSSR count). The molecule has 0 aliphatic carbocycles. The number of nitrogens with zero attached hydrogens (tertiary/aromatic N) is 4. The van der Waals surface area contributed by atoms with E-state index in [1.165, 1.54) is 27.8 Å². The van der Waals surface area contributed by atoms with Crippen molar-refractivity contribution < 1.29 is 26.6 Å². The first-order chi connectivity index (χ1) is 34.8. The Hall–Kier alpha value is -4.56. The van der Waals surface area contributed by atoms with Gasteiger partial charge in [-0.1, -0.05) is 158 Å². The molecule has 1 aromatic heterocycles. The van der Waals surface area contributed by atoms with Crippen LogP contribution in [0.4, 0.5) is 22.7 Å². The average molecular weight is 1470 g/mol. The van der Waals surface area contributed by atoms with E-state index in [2.05, 4.69) is 161 Å². The molecule has 8 nitrogen and oxygen atoms in total. The maximum atomic E-state index is 12.1. The van der Waals surface area contributed by atoms with E-state index in [1.807, 2.05) is 80.6 Å². The fourth-order valence-electron chi connectivity index (χ4n) is 6.72. The Morgan fingerprint density at radius 1 is 0.573 bits per heavy atom. The van der Waals surface area contributed by atoms with Gasteiger partial charge in [-0.2, -0.15) is 35.4 Å². The standard InChI is InChI=1S/C22H16Br2N2.C14H8Br2N2O.C8H9.C7H4BrClO.C7H5BrN2.BrH.Mg/c1-13-5-3-6-14(2)20(13)21-18-12-17(24)9-10-19(18)25-22(26-21)15-7-4-8-16(23)11-15;1-17-13-8-11(16)5-6-12(13)18-14(19)9-3-2-4-10(15)7-9;1-7-4-3-5-8(2)6-7;8-6-3-1-2-5(4-6)7(9)10;1-10-7-4-5(8)2-3-6(7)9;;/h3-12H,1-2H3;2-8H,(H,18,19);3-5H,1-2H3;1-4H;2-4H,9H2;1H;/q;;-1;;;;+2/p-1. The number of carbonyl (C=O) groups excluding carboxylic acids is 2. The van der Waals surface area contributed by atoms with Gasteiger partial charge in [-0.05, 0) is 134 Å². The van der Waals surface area contributed by atoms with Gasteiger partial charge in [-0.15, -0.1) is 0 Å². The summed E-state index contributed by atoms with van der Waals surface area (Å²) in [5, 5.41) is 3.36. The Labute approximate surface area is 520 Å². The number of carbonyl (C=O) groups is 2. The van der Waals surface area contributed by atoms with E-state index in [0.717, 1.165) is 54.8 Å². The van der Waals surface area contributed by atoms with Crippen molar-refractivity contribution >= 4 is 175 Å². The fourth-order valence-corrected chi connectivity index (χ4v) is 9.09. The van der Waals surface area contributed by atoms with E-state index in [-0.39, 0.29) is 45.9 Å². The van der Waals surface area contributed by atoms with Crippen molar-refractivity contribution in [3.63, 3.8) is 0 Å². The third-order valence-electron chi connectivity index (χ3n) is 10.1. The van der Waals surface area contributed by atoms with Crippen molar-refractivity contribution in [2.24, 2.45) is 0 Å². The van der Waals surface area contributed by atoms with Crippen LogP contribution in [0.2, 0.25) is 0 Å². The first-order valence-corrected chi connectivity index (χ1v) is 26.9. The van der Waals surface area contributed by atoms with Crippen LogP contribution in [0.25, 0.3) is 43.2 Å². The summed E-state index contributed by atoms with van der Waals surface area (Å²) in [5.74, 6) is 0.493. The summed E-state index contributed by atoms with van der Waals surface area (Å²) in [4.78, 5) is 39.0. The monoisotopic (exact) mass is 1470 g/mol. The summed E-state index contributed by atoms with van der Waals surface area (Å²) in [6.07, 6.45) is 0. The minimum Gasteiger partial charge on any atom is -1.00 e. The van der Waals surface area contributed by atoms with Gasteiger partial charge in [-0.25, -0.2) is 19.7 Å². The Kier molecular flexibility index (Phi) is 27.8. The Bertz CT molecular complexity index is 3500. The summed E-state index contributed by atoms with van der Waals surface area (Å²) in [6, 6.07) is 54.3. The second-order valence-corrected chi connectivity index (χ2v) is 21.5. The van der Waals surface area contributed by atoms with Crippen LogP contribution >= 0.6 is 107 Å². The molecule has 1 amide bonds. The van der Waals surface area contributed by atoms with Crippen molar-refractivity contribution in [3.05, 3.63) is 253 Å². The van der Waals surface area contributed by atoms with Gasteiger partial charge < -0.3 is 28.0 Å². The molecule has 0 saturated carbocycles. The molecule has 9 aromatic rings. The average Bonchev–Trinajstić information content (AvgIpc) is 3.36. The van der Waals surface area contributed by atoms with E-state index in [0.29, 0.717) is 33.9 Å². The molecular formula is C58H42Br7ClMgN6O2. The summed E-state index contributed by atoms with van der Waals surface area (Å²) in [5.41, 5.74) is 17.4. The number of amides is 1. The summed E-state index contributed by atoms with van der Waals surface area (Å²) in [6.45, 7) is 22.2. The molecule has 0 radical (unpaired) electrons. The number of nitrogen functional groups attached to an aromatic ring is 1. The summed E-state index contributed by atoms with van der Waals surface area (Å²) >= 11 is 25.4.